The van der Waals surface area contributed by atoms with Crippen LogP contribution in [0.4, 0.5) is 5.69 Å². The third-order valence-corrected chi connectivity index (χ3v) is 4.53. The van der Waals surface area contributed by atoms with Crippen molar-refractivity contribution in [2.45, 2.75) is 0 Å². The van der Waals surface area contributed by atoms with Crippen molar-refractivity contribution in [2.24, 2.45) is 0 Å². The summed E-state index contributed by atoms with van der Waals surface area (Å²) >= 11 is 12.0. The Morgan fingerprint density at radius 1 is 1.08 bits per heavy atom. The predicted octanol–water partition coefficient (Wildman–Crippen LogP) is 2.86. The maximum atomic E-state index is 8.79. The minimum absolute atomic E-state index is 0.345. The van der Waals surface area contributed by atoms with Crippen LogP contribution in [-0.2, 0) is 0 Å². The molecule has 1 aromatic heterocycles. The molecule has 1 aliphatic heterocycles. The Morgan fingerprint density at radius 3 is 2.48 bits per heavy atom. The molecule has 3 rings (SSSR count). The number of piperazine rings is 1. The van der Waals surface area contributed by atoms with Gasteiger partial charge in [0.15, 0.2) is 10.3 Å². The van der Waals surface area contributed by atoms with Gasteiger partial charge < -0.3 is 9.64 Å². The van der Waals surface area contributed by atoms with Crippen molar-refractivity contribution in [1.82, 2.24) is 15.1 Å². The molecule has 0 radical (unpaired) electrons. The topological polar surface area (TPSA) is 65.3 Å². The highest BCUT2D eigenvalue weighted by atomic mass is 35.5. The van der Waals surface area contributed by atoms with Gasteiger partial charge in [-0.3, -0.25) is 4.90 Å². The molecule has 2 heterocycles. The molecule has 0 unspecified atom stereocenters. The Bertz CT molecular complexity index is 755. The standard InChI is InChI=1S/C17H17Cl2N5O/c18-16-11-15(17(19)22-21-16)24-7-5-23(6-8-24)9-10-25-14-3-1-13(12-20)2-4-14/h1-4,11H,5-10H2. The number of benzene rings is 1. The summed E-state index contributed by atoms with van der Waals surface area (Å²) < 4.78 is 5.73. The average Bonchev–Trinajstić information content (AvgIpc) is 2.65. The largest absolute Gasteiger partial charge is 0.492 e. The van der Waals surface area contributed by atoms with Gasteiger partial charge in [-0.1, -0.05) is 23.2 Å². The van der Waals surface area contributed by atoms with Crippen molar-refractivity contribution in [3.05, 3.63) is 46.2 Å². The lowest BCUT2D eigenvalue weighted by Crippen LogP contribution is -2.47. The first-order valence-electron chi connectivity index (χ1n) is 7.95. The van der Waals surface area contributed by atoms with Gasteiger partial charge in [0.2, 0.25) is 0 Å². The van der Waals surface area contributed by atoms with Crippen molar-refractivity contribution in [3.8, 4) is 11.8 Å². The highest BCUT2D eigenvalue weighted by Crippen LogP contribution is 2.26. The molecule has 130 valence electrons. The Hall–Kier alpha value is -2.07. The van der Waals surface area contributed by atoms with E-state index < -0.39 is 0 Å². The summed E-state index contributed by atoms with van der Waals surface area (Å²) in [6, 6.07) is 11.0. The minimum Gasteiger partial charge on any atom is -0.492 e. The molecule has 1 fully saturated rings. The van der Waals surface area contributed by atoms with Crippen molar-refractivity contribution in [3.63, 3.8) is 0 Å². The van der Waals surface area contributed by atoms with Gasteiger partial charge in [0.25, 0.3) is 0 Å². The van der Waals surface area contributed by atoms with E-state index in [0.717, 1.165) is 44.2 Å². The van der Waals surface area contributed by atoms with Gasteiger partial charge in [0, 0.05) is 38.8 Å². The molecule has 25 heavy (non-hydrogen) atoms. The molecule has 8 heteroatoms. The lowest BCUT2D eigenvalue weighted by Gasteiger charge is -2.36. The Morgan fingerprint density at radius 2 is 1.80 bits per heavy atom. The second-order valence-electron chi connectivity index (χ2n) is 5.66. The van der Waals surface area contributed by atoms with Crippen molar-refractivity contribution >= 4 is 28.9 Å². The van der Waals surface area contributed by atoms with E-state index in [2.05, 4.69) is 26.1 Å². The van der Waals surface area contributed by atoms with Gasteiger partial charge in [-0.15, -0.1) is 10.2 Å². The smallest absolute Gasteiger partial charge is 0.175 e. The number of anilines is 1. The average molecular weight is 378 g/mol. The van der Waals surface area contributed by atoms with Crippen LogP contribution in [0.25, 0.3) is 0 Å². The van der Waals surface area contributed by atoms with E-state index in [1.54, 1.807) is 18.2 Å². The summed E-state index contributed by atoms with van der Waals surface area (Å²) in [6.07, 6.45) is 0. The zero-order valence-electron chi connectivity index (χ0n) is 13.5. The van der Waals surface area contributed by atoms with E-state index >= 15 is 0 Å². The van der Waals surface area contributed by atoms with E-state index in [4.69, 9.17) is 33.2 Å². The third-order valence-electron chi connectivity index (χ3n) is 4.07. The fourth-order valence-corrected chi connectivity index (χ4v) is 3.05. The van der Waals surface area contributed by atoms with Crippen LogP contribution in [0, 0.1) is 11.3 Å². The van der Waals surface area contributed by atoms with Crippen LogP contribution in [0.2, 0.25) is 10.3 Å². The van der Waals surface area contributed by atoms with Gasteiger partial charge in [-0.05, 0) is 24.3 Å². The number of ether oxygens (including phenoxy) is 1. The molecule has 0 saturated carbocycles. The molecular weight excluding hydrogens is 361 g/mol. The molecule has 0 spiro atoms. The molecular formula is C17H17Cl2N5O. The molecule has 6 nitrogen and oxygen atoms in total. The zero-order chi connectivity index (χ0) is 17.6. The number of aromatic nitrogens is 2. The zero-order valence-corrected chi connectivity index (χ0v) is 15.0. The van der Waals surface area contributed by atoms with Crippen LogP contribution in [0.3, 0.4) is 0 Å². The maximum absolute atomic E-state index is 8.79. The number of rotatable bonds is 5. The molecule has 0 atom stereocenters. The summed E-state index contributed by atoms with van der Waals surface area (Å²) in [5, 5.41) is 17.1. The summed E-state index contributed by atoms with van der Waals surface area (Å²) in [6.45, 7) is 4.96. The highest BCUT2D eigenvalue weighted by Gasteiger charge is 2.20. The van der Waals surface area contributed by atoms with Crippen LogP contribution in [0.15, 0.2) is 30.3 Å². The first kappa shape index (κ1) is 17.7. The molecule has 0 amide bonds. The SMILES string of the molecule is N#Cc1ccc(OCCN2CCN(c3cc(Cl)nnc3Cl)CC2)cc1. The molecule has 0 N–H and O–H groups in total. The van der Waals surface area contributed by atoms with Crippen molar-refractivity contribution in [2.75, 3.05) is 44.2 Å². The van der Waals surface area contributed by atoms with Gasteiger partial charge in [-0.2, -0.15) is 5.26 Å². The lowest BCUT2D eigenvalue weighted by atomic mass is 10.2. The summed E-state index contributed by atoms with van der Waals surface area (Å²) in [7, 11) is 0. The van der Waals surface area contributed by atoms with E-state index in [0.29, 0.717) is 22.5 Å². The quantitative estimate of drug-likeness (QED) is 0.797. The predicted molar refractivity (Wildman–Crippen MR) is 97.4 cm³/mol. The number of nitriles is 1. The van der Waals surface area contributed by atoms with Gasteiger partial charge in [-0.25, -0.2) is 0 Å². The third kappa shape index (κ3) is 4.73. The number of nitrogens with zero attached hydrogens (tertiary/aromatic N) is 5. The normalized spacial score (nSPS) is 15.0. The minimum atomic E-state index is 0.345. The maximum Gasteiger partial charge on any atom is 0.175 e. The van der Waals surface area contributed by atoms with Crippen molar-refractivity contribution < 1.29 is 4.74 Å². The van der Waals surface area contributed by atoms with E-state index in [-0.39, 0.29) is 0 Å². The van der Waals surface area contributed by atoms with E-state index in [1.807, 2.05) is 12.1 Å². The first-order valence-corrected chi connectivity index (χ1v) is 8.70. The summed E-state index contributed by atoms with van der Waals surface area (Å²) in [4.78, 5) is 4.51. The fourth-order valence-electron chi connectivity index (χ4n) is 2.70. The summed E-state index contributed by atoms with van der Waals surface area (Å²) in [5.74, 6) is 0.780. The molecule has 1 aliphatic rings. The van der Waals surface area contributed by atoms with E-state index in [9.17, 15) is 0 Å². The molecule has 1 saturated heterocycles. The van der Waals surface area contributed by atoms with Gasteiger partial charge >= 0.3 is 0 Å². The molecule has 2 aromatic rings. The van der Waals surface area contributed by atoms with Crippen molar-refractivity contribution in [1.29, 1.82) is 5.26 Å². The molecule has 1 aromatic carbocycles. The molecule has 0 aliphatic carbocycles. The van der Waals surface area contributed by atoms with Crippen LogP contribution in [0.1, 0.15) is 5.56 Å². The Kier molecular flexibility index (Phi) is 5.92. The highest BCUT2D eigenvalue weighted by molar-refractivity contribution is 6.33. The fraction of sp³-hybridized carbons (Fsp3) is 0.353. The van der Waals surface area contributed by atoms with Crippen LogP contribution >= 0.6 is 23.2 Å². The molecule has 0 bridgehead atoms. The number of hydrogen-bond acceptors (Lipinski definition) is 6. The second kappa shape index (κ2) is 8.34. The Balaban J connectivity index is 1.44. The van der Waals surface area contributed by atoms with Crippen LogP contribution in [0.5, 0.6) is 5.75 Å². The van der Waals surface area contributed by atoms with Gasteiger partial charge in [0.05, 0.1) is 17.3 Å². The summed E-state index contributed by atoms with van der Waals surface area (Å²) in [5.41, 5.74) is 1.46. The first-order chi connectivity index (χ1) is 12.2. The van der Waals surface area contributed by atoms with Crippen LogP contribution < -0.4 is 9.64 Å². The van der Waals surface area contributed by atoms with E-state index in [1.165, 1.54) is 0 Å². The second-order valence-corrected chi connectivity index (χ2v) is 6.40. The number of halogens is 2. The lowest BCUT2D eigenvalue weighted by molar-refractivity contribution is 0.200. The van der Waals surface area contributed by atoms with Gasteiger partial charge in [0.1, 0.15) is 12.4 Å². The monoisotopic (exact) mass is 377 g/mol. The number of hydrogen-bond donors (Lipinski definition) is 0. The van der Waals surface area contributed by atoms with Crippen LogP contribution in [-0.4, -0.2) is 54.4 Å². The Labute approximate surface area is 156 Å².